The van der Waals surface area contributed by atoms with Gasteiger partial charge in [0.1, 0.15) is 0 Å². The number of rotatable bonds is 8. The lowest BCUT2D eigenvalue weighted by atomic mass is 9.97. The van der Waals surface area contributed by atoms with E-state index in [-0.39, 0.29) is 10.9 Å². The Kier molecular flexibility index (Phi) is 6.91. The van der Waals surface area contributed by atoms with Gasteiger partial charge in [-0.2, -0.15) is 5.11 Å². The highest BCUT2D eigenvalue weighted by Gasteiger charge is 2.35. The second-order valence-electron chi connectivity index (χ2n) is 7.73. The first kappa shape index (κ1) is 22.7. The Hall–Kier alpha value is -2.98. The lowest BCUT2D eigenvalue weighted by Crippen LogP contribution is -2.56. The molecule has 166 valence electrons. The zero-order valence-corrected chi connectivity index (χ0v) is 18.6. The Morgan fingerprint density at radius 3 is 2.58 bits per heavy atom. The number of hydrogen-bond acceptors (Lipinski definition) is 7. The summed E-state index contributed by atoms with van der Waals surface area (Å²) in [5.41, 5.74) is 4.76. The van der Waals surface area contributed by atoms with E-state index in [0.29, 0.717) is 19.7 Å². The van der Waals surface area contributed by atoms with E-state index in [4.69, 9.17) is 4.74 Å². The standard InChI is InChI=1S/C21H27N5O4S/c1-4-30-20(27)22-13-15-6-5-7-17(12-15)16-8-10-18(11-9-16)31(28,29)25-21(2,3)19-14-23-26-24-19/h5-12,19,25H,4,13-14H2,1-3H3,(H,22,27)(H,23,24). The normalized spacial score (nSPS) is 16.0. The molecule has 31 heavy (non-hydrogen) atoms. The van der Waals surface area contributed by atoms with E-state index in [1.807, 2.05) is 24.3 Å². The molecule has 1 aliphatic rings. The van der Waals surface area contributed by atoms with Crippen LogP contribution in [0.2, 0.25) is 0 Å². The smallest absolute Gasteiger partial charge is 0.407 e. The van der Waals surface area contributed by atoms with Crippen molar-refractivity contribution in [3.63, 3.8) is 0 Å². The van der Waals surface area contributed by atoms with Crippen LogP contribution in [0.15, 0.2) is 63.8 Å². The van der Waals surface area contributed by atoms with Crippen LogP contribution in [0.25, 0.3) is 11.1 Å². The lowest BCUT2D eigenvalue weighted by molar-refractivity contribution is 0.151. The molecule has 0 spiro atoms. The quantitative estimate of drug-likeness (QED) is 0.577. The molecule has 2 aromatic carbocycles. The van der Waals surface area contributed by atoms with Crippen molar-refractivity contribution in [2.45, 2.75) is 43.8 Å². The van der Waals surface area contributed by atoms with Crippen LogP contribution < -0.4 is 15.5 Å². The molecule has 10 heteroatoms. The lowest BCUT2D eigenvalue weighted by Gasteiger charge is -2.30. The van der Waals surface area contributed by atoms with Crippen molar-refractivity contribution in [2.75, 3.05) is 13.2 Å². The number of carbonyl (C=O) groups excluding carboxylic acids is 1. The Labute approximate surface area is 182 Å². The molecule has 2 aromatic rings. The molecular formula is C21H27N5O4S. The summed E-state index contributed by atoms with van der Waals surface area (Å²) in [5.74, 6) is 0. The summed E-state index contributed by atoms with van der Waals surface area (Å²) in [6, 6.07) is 14.1. The van der Waals surface area contributed by atoms with Gasteiger partial charge in [-0.25, -0.2) is 17.9 Å². The highest BCUT2D eigenvalue weighted by atomic mass is 32.2. The van der Waals surface area contributed by atoms with Crippen molar-refractivity contribution in [1.29, 1.82) is 0 Å². The Morgan fingerprint density at radius 1 is 1.19 bits per heavy atom. The number of nitrogens with one attached hydrogen (secondary N) is 3. The minimum absolute atomic E-state index is 0.177. The molecule has 1 unspecified atom stereocenters. The van der Waals surface area contributed by atoms with Gasteiger partial charge in [0.25, 0.3) is 0 Å². The van der Waals surface area contributed by atoms with Crippen molar-refractivity contribution >= 4 is 16.1 Å². The zero-order chi connectivity index (χ0) is 22.5. The SMILES string of the molecule is CCOC(=O)NCc1cccc(-c2ccc(S(=O)(=O)NC(C)(C)C3CN=NN3)cc2)c1. The van der Waals surface area contributed by atoms with Gasteiger partial charge in [0.2, 0.25) is 10.0 Å². The third-order valence-corrected chi connectivity index (χ3v) is 6.64. The molecule has 9 nitrogen and oxygen atoms in total. The molecule has 1 aliphatic heterocycles. The van der Waals surface area contributed by atoms with Crippen LogP contribution in [0.1, 0.15) is 26.3 Å². The van der Waals surface area contributed by atoms with Gasteiger partial charge < -0.3 is 10.1 Å². The van der Waals surface area contributed by atoms with Crippen molar-refractivity contribution in [3.8, 4) is 11.1 Å². The number of ether oxygens (including phenoxy) is 1. The van der Waals surface area contributed by atoms with E-state index in [9.17, 15) is 13.2 Å². The maximum absolute atomic E-state index is 12.9. The van der Waals surface area contributed by atoms with Crippen molar-refractivity contribution in [3.05, 3.63) is 54.1 Å². The van der Waals surface area contributed by atoms with E-state index in [1.54, 1.807) is 45.0 Å². The van der Waals surface area contributed by atoms with Gasteiger partial charge in [-0.15, -0.1) is 0 Å². The molecule has 0 saturated carbocycles. The Balaban J connectivity index is 1.71. The molecule has 0 saturated heterocycles. The first-order valence-corrected chi connectivity index (χ1v) is 11.5. The summed E-state index contributed by atoms with van der Waals surface area (Å²) in [6.45, 7) is 6.40. The van der Waals surface area contributed by atoms with E-state index in [0.717, 1.165) is 16.7 Å². The van der Waals surface area contributed by atoms with E-state index < -0.39 is 21.7 Å². The van der Waals surface area contributed by atoms with Crippen LogP contribution in [-0.4, -0.2) is 39.2 Å². The van der Waals surface area contributed by atoms with E-state index in [2.05, 4.69) is 25.8 Å². The molecule has 0 fully saturated rings. The number of benzene rings is 2. The van der Waals surface area contributed by atoms with Crippen LogP contribution in [-0.2, 0) is 21.3 Å². The molecule has 3 rings (SSSR count). The van der Waals surface area contributed by atoms with Crippen molar-refractivity contribution < 1.29 is 17.9 Å². The van der Waals surface area contributed by atoms with Gasteiger partial charge >= 0.3 is 6.09 Å². The molecule has 1 amide bonds. The third kappa shape index (κ3) is 5.80. The minimum atomic E-state index is -3.72. The number of hydrogen-bond donors (Lipinski definition) is 3. The predicted molar refractivity (Wildman–Crippen MR) is 117 cm³/mol. The molecule has 3 N–H and O–H groups in total. The molecule has 1 atom stereocenters. The van der Waals surface area contributed by atoms with Crippen molar-refractivity contribution in [1.82, 2.24) is 15.5 Å². The Morgan fingerprint density at radius 2 is 1.94 bits per heavy atom. The van der Waals surface area contributed by atoms with Gasteiger partial charge in [-0.1, -0.05) is 35.6 Å². The van der Waals surface area contributed by atoms with E-state index in [1.165, 1.54) is 0 Å². The fourth-order valence-electron chi connectivity index (χ4n) is 3.18. The minimum Gasteiger partial charge on any atom is -0.450 e. The van der Waals surface area contributed by atoms with Gasteiger partial charge in [0.15, 0.2) is 0 Å². The summed E-state index contributed by atoms with van der Waals surface area (Å²) in [5, 5.41) is 10.3. The van der Waals surface area contributed by atoms with Crippen LogP contribution in [0, 0.1) is 0 Å². The van der Waals surface area contributed by atoms with Crippen LogP contribution in [0.4, 0.5) is 4.79 Å². The van der Waals surface area contributed by atoms with Crippen molar-refractivity contribution in [2.24, 2.45) is 10.3 Å². The van der Waals surface area contributed by atoms with Crippen LogP contribution in [0.3, 0.4) is 0 Å². The predicted octanol–water partition coefficient (Wildman–Crippen LogP) is 3.00. The van der Waals surface area contributed by atoms with Crippen LogP contribution >= 0.6 is 0 Å². The molecule has 0 aromatic heterocycles. The summed E-state index contributed by atoms with van der Waals surface area (Å²) >= 11 is 0. The highest BCUT2D eigenvalue weighted by molar-refractivity contribution is 7.89. The van der Waals surface area contributed by atoms with Gasteiger partial charge in [-0.05, 0) is 55.7 Å². The largest absolute Gasteiger partial charge is 0.450 e. The maximum Gasteiger partial charge on any atom is 0.407 e. The highest BCUT2D eigenvalue weighted by Crippen LogP contribution is 2.24. The number of nitrogens with zero attached hydrogens (tertiary/aromatic N) is 2. The van der Waals surface area contributed by atoms with Gasteiger partial charge in [-0.3, -0.25) is 5.43 Å². The Bertz CT molecular complexity index is 1040. The number of carbonyl (C=O) groups is 1. The topological polar surface area (TPSA) is 121 Å². The first-order valence-electron chi connectivity index (χ1n) is 9.97. The average molecular weight is 446 g/mol. The number of alkyl carbamates (subject to hydrolysis) is 1. The zero-order valence-electron chi connectivity index (χ0n) is 17.8. The number of amides is 1. The second-order valence-corrected chi connectivity index (χ2v) is 9.41. The summed E-state index contributed by atoms with van der Waals surface area (Å²) in [4.78, 5) is 11.7. The second kappa shape index (κ2) is 9.44. The molecule has 0 aliphatic carbocycles. The monoisotopic (exact) mass is 445 g/mol. The first-order chi connectivity index (χ1) is 14.7. The molecular weight excluding hydrogens is 418 g/mol. The molecule has 0 radical (unpaired) electrons. The fraction of sp³-hybridized carbons (Fsp3) is 0.381. The maximum atomic E-state index is 12.9. The van der Waals surface area contributed by atoms with Crippen LogP contribution in [0.5, 0.6) is 0 Å². The van der Waals surface area contributed by atoms with Gasteiger partial charge in [0.05, 0.1) is 29.6 Å². The summed E-state index contributed by atoms with van der Waals surface area (Å²) < 4.78 is 33.3. The third-order valence-electron chi connectivity index (χ3n) is 4.95. The molecule has 1 heterocycles. The molecule has 0 bridgehead atoms. The summed E-state index contributed by atoms with van der Waals surface area (Å²) in [7, 11) is -3.72. The van der Waals surface area contributed by atoms with E-state index >= 15 is 0 Å². The van der Waals surface area contributed by atoms with Gasteiger partial charge in [0, 0.05) is 6.54 Å². The fourth-order valence-corrected chi connectivity index (χ4v) is 4.63. The number of sulfonamides is 1. The summed E-state index contributed by atoms with van der Waals surface area (Å²) in [6.07, 6.45) is -0.465. The average Bonchev–Trinajstić information content (AvgIpc) is 3.28.